The van der Waals surface area contributed by atoms with Gasteiger partial charge in [-0.3, -0.25) is 0 Å². The lowest BCUT2D eigenvalue weighted by Crippen LogP contribution is -2.49. The Balaban J connectivity index is 1.78. The molecule has 0 atom stereocenters. The van der Waals surface area contributed by atoms with Crippen molar-refractivity contribution in [3.63, 3.8) is 0 Å². The van der Waals surface area contributed by atoms with E-state index in [-0.39, 0.29) is 4.90 Å². The molecule has 3 rings (SSSR count). The first-order chi connectivity index (χ1) is 13.4. The summed E-state index contributed by atoms with van der Waals surface area (Å²) in [6, 6.07) is 6.71. The molecule has 1 saturated heterocycles. The van der Waals surface area contributed by atoms with E-state index < -0.39 is 10.0 Å². The number of hydrogen-bond donors (Lipinski definition) is 0. The number of piperazine rings is 1. The maximum atomic E-state index is 13.2. The Labute approximate surface area is 165 Å². The van der Waals surface area contributed by atoms with Gasteiger partial charge in [-0.25, -0.2) is 8.42 Å². The monoisotopic (exact) mass is 407 g/mol. The van der Waals surface area contributed by atoms with Crippen molar-refractivity contribution < 1.29 is 17.9 Å². The summed E-state index contributed by atoms with van der Waals surface area (Å²) in [5.74, 6) is 1.50. The van der Waals surface area contributed by atoms with E-state index in [0.717, 1.165) is 11.5 Å². The zero-order valence-corrected chi connectivity index (χ0v) is 17.3. The second kappa shape index (κ2) is 8.19. The molecule has 10 heteroatoms. The van der Waals surface area contributed by atoms with Crippen LogP contribution in [0.5, 0.6) is 11.5 Å². The average Bonchev–Trinajstić information content (AvgIpc) is 2.73. The molecule has 28 heavy (non-hydrogen) atoms. The molecule has 9 nitrogen and oxygen atoms in total. The zero-order valence-electron chi connectivity index (χ0n) is 16.5. The average molecular weight is 407 g/mol. The first-order valence-corrected chi connectivity index (χ1v) is 10.3. The van der Waals surface area contributed by atoms with E-state index in [1.54, 1.807) is 18.3 Å². The van der Waals surface area contributed by atoms with Crippen LogP contribution < -0.4 is 19.3 Å². The Kier molecular flexibility index (Phi) is 5.90. The van der Waals surface area contributed by atoms with E-state index in [2.05, 4.69) is 10.2 Å². The van der Waals surface area contributed by atoms with Crippen LogP contribution in [0.4, 0.5) is 11.5 Å². The summed E-state index contributed by atoms with van der Waals surface area (Å²) in [6.07, 6.45) is 1.69. The number of rotatable bonds is 6. The van der Waals surface area contributed by atoms with Crippen LogP contribution in [0, 0.1) is 0 Å². The number of ether oxygens (including phenoxy) is 2. The fourth-order valence-electron chi connectivity index (χ4n) is 3.03. The van der Waals surface area contributed by atoms with Gasteiger partial charge in [-0.15, -0.1) is 5.10 Å². The lowest BCUT2D eigenvalue weighted by Gasteiger charge is -2.34. The van der Waals surface area contributed by atoms with Gasteiger partial charge in [0, 0.05) is 52.4 Å². The van der Waals surface area contributed by atoms with Crippen LogP contribution in [0.15, 0.2) is 35.4 Å². The smallest absolute Gasteiger partial charge is 0.247 e. The zero-order chi connectivity index (χ0) is 20.3. The molecule has 1 aliphatic heterocycles. The Morgan fingerprint density at radius 1 is 1.04 bits per heavy atom. The summed E-state index contributed by atoms with van der Waals surface area (Å²) >= 11 is 0. The molecule has 1 aromatic carbocycles. The highest BCUT2D eigenvalue weighted by Crippen LogP contribution is 2.31. The van der Waals surface area contributed by atoms with Crippen molar-refractivity contribution >= 4 is 21.5 Å². The molecular weight excluding hydrogens is 382 g/mol. The second-order valence-electron chi connectivity index (χ2n) is 6.57. The third kappa shape index (κ3) is 3.97. The van der Waals surface area contributed by atoms with Crippen molar-refractivity contribution in [1.82, 2.24) is 14.5 Å². The standard InChI is InChI=1S/C18H25N5O4S/c1-21(2)14-11-18(20-19-13-14)22-7-9-23(10-8-22)28(24,25)17-12-15(26-3)5-6-16(17)27-4/h5-6,11-13H,7-10H2,1-4H3. The molecule has 2 aromatic rings. The summed E-state index contributed by atoms with van der Waals surface area (Å²) in [5, 5.41) is 8.23. The van der Waals surface area contributed by atoms with Crippen LogP contribution in [0.2, 0.25) is 0 Å². The van der Waals surface area contributed by atoms with Crippen molar-refractivity contribution in [2.24, 2.45) is 0 Å². The van der Waals surface area contributed by atoms with E-state index >= 15 is 0 Å². The number of benzene rings is 1. The highest BCUT2D eigenvalue weighted by Gasteiger charge is 2.31. The minimum Gasteiger partial charge on any atom is -0.497 e. The molecule has 1 aromatic heterocycles. The minimum absolute atomic E-state index is 0.109. The van der Waals surface area contributed by atoms with Crippen molar-refractivity contribution in [2.75, 3.05) is 64.3 Å². The first kappa shape index (κ1) is 20.2. The fraction of sp³-hybridized carbons (Fsp3) is 0.444. The number of sulfonamides is 1. The summed E-state index contributed by atoms with van der Waals surface area (Å²) in [7, 11) is 3.12. The lowest BCUT2D eigenvalue weighted by molar-refractivity contribution is 0.370. The Morgan fingerprint density at radius 2 is 1.75 bits per heavy atom. The molecule has 1 aliphatic rings. The normalized spacial score (nSPS) is 15.4. The van der Waals surface area contributed by atoms with Crippen LogP contribution in [-0.2, 0) is 10.0 Å². The third-order valence-electron chi connectivity index (χ3n) is 4.69. The van der Waals surface area contributed by atoms with Crippen LogP contribution in [0.1, 0.15) is 0 Å². The molecule has 152 valence electrons. The van der Waals surface area contributed by atoms with Gasteiger partial charge in [0.05, 0.1) is 26.1 Å². The molecule has 0 spiro atoms. The van der Waals surface area contributed by atoms with Crippen LogP contribution in [0.25, 0.3) is 0 Å². The van der Waals surface area contributed by atoms with Gasteiger partial charge in [-0.05, 0) is 12.1 Å². The van der Waals surface area contributed by atoms with Crippen molar-refractivity contribution in [3.8, 4) is 11.5 Å². The van der Waals surface area contributed by atoms with Gasteiger partial charge in [0.2, 0.25) is 10.0 Å². The Morgan fingerprint density at radius 3 is 2.36 bits per heavy atom. The summed E-state index contributed by atoms with van der Waals surface area (Å²) in [4.78, 5) is 4.10. The summed E-state index contributed by atoms with van der Waals surface area (Å²) in [6.45, 7) is 1.74. The second-order valence-corrected chi connectivity index (χ2v) is 8.48. The molecule has 0 bridgehead atoms. The van der Waals surface area contributed by atoms with Crippen molar-refractivity contribution in [2.45, 2.75) is 4.90 Å². The number of methoxy groups -OCH3 is 2. The van der Waals surface area contributed by atoms with Gasteiger partial charge < -0.3 is 19.3 Å². The van der Waals surface area contributed by atoms with Gasteiger partial charge in [0.15, 0.2) is 5.82 Å². The molecule has 1 fully saturated rings. The number of anilines is 2. The molecule has 2 heterocycles. The maximum Gasteiger partial charge on any atom is 0.247 e. The topological polar surface area (TPSA) is 88.1 Å². The highest BCUT2D eigenvalue weighted by molar-refractivity contribution is 7.89. The van der Waals surface area contributed by atoms with Crippen LogP contribution in [0.3, 0.4) is 0 Å². The maximum absolute atomic E-state index is 13.2. The molecular formula is C18H25N5O4S. The first-order valence-electron chi connectivity index (χ1n) is 8.84. The van der Waals surface area contributed by atoms with E-state index in [9.17, 15) is 8.42 Å². The van der Waals surface area contributed by atoms with E-state index in [1.165, 1.54) is 24.6 Å². The SMILES string of the molecule is COc1ccc(OC)c(S(=O)(=O)N2CCN(c3cc(N(C)C)cnn3)CC2)c1. The molecule has 0 N–H and O–H groups in total. The molecule has 0 amide bonds. The van der Waals surface area contributed by atoms with Gasteiger partial charge in [-0.1, -0.05) is 0 Å². The predicted molar refractivity (Wildman–Crippen MR) is 107 cm³/mol. The number of hydrogen-bond acceptors (Lipinski definition) is 8. The number of nitrogens with zero attached hydrogens (tertiary/aromatic N) is 5. The van der Waals surface area contributed by atoms with E-state index in [1.807, 2.05) is 30.0 Å². The number of aromatic nitrogens is 2. The Bertz CT molecular complexity index is 927. The van der Waals surface area contributed by atoms with Gasteiger partial charge in [0.1, 0.15) is 16.4 Å². The molecule has 0 unspecified atom stereocenters. The van der Waals surface area contributed by atoms with Crippen molar-refractivity contribution in [1.29, 1.82) is 0 Å². The van der Waals surface area contributed by atoms with Crippen LogP contribution in [-0.4, -0.2) is 77.4 Å². The summed E-state index contributed by atoms with van der Waals surface area (Å²) < 4.78 is 38.2. The molecule has 0 radical (unpaired) electrons. The predicted octanol–water partition coefficient (Wildman–Crippen LogP) is 1.07. The fourth-order valence-corrected chi connectivity index (χ4v) is 4.62. The minimum atomic E-state index is -3.71. The van der Waals surface area contributed by atoms with Gasteiger partial charge >= 0.3 is 0 Å². The molecule has 0 saturated carbocycles. The van der Waals surface area contributed by atoms with Crippen LogP contribution >= 0.6 is 0 Å². The highest BCUT2D eigenvalue weighted by atomic mass is 32.2. The Hall–Kier alpha value is -2.59. The van der Waals surface area contributed by atoms with Crippen molar-refractivity contribution in [3.05, 3.63) is 30.5 Å². The molecule has 0 aliphatic carbocycles. The van der Waals surface area contributed by atoms with E-state index in [0.29, 0.717) is 37.7 Å². The van der Waals surface area contributed by atoms with Gasteiger partial charge in [-0.2, -0.15) is 9.40 Å². The largest absolute Gasteiger partial charge is 0.497 e. The van der Waals surface area contributed by atoms with E-state index in [4.69, 9.17) is 9.47 Å². The third-order valence-corrected chi connectivity index (χ3v) is 6.61. The van der Waals surface area contributed by atoms with Gasteiger partial charge in [0.25, 0.3) is 0 Å². The lowest BCUT2D eigenvalue weighted by atomic mass is 10.3. The quantitative estimate of drug-likeness (QED) is 0.703. The summed E-state index contributed by atoms with van der Waals surface area (Å²) in [5.41, 5.74) is 0.946.